The maximum absolute atomic E-state index is 12.2. The molecule has 1 atom stereocenters. The van der Waals surface area contributed by atoms with E-state index in [9.17, 15) is 14.4 Å². The Balaban J connectivity index is 1.56. The van der Waals surface area contributed by atoms with Gasteiger partial charge in [-0.1, -0.05) is 48.5 Å². The predicted octanol–water partition coefficient (Wildman–Crippen LogP) is 1.91. The number of amides is 1. The zero-order chi connectivity index (χ0) is 20.6. The molecule has 0 saturated heterocycles. The molecule has 29 heavy (non-hydrogen) atoms. The maximum Gasteiger partial charge on any atom is 0.338 e. The Morgan fingerprint density at radius 3 is 2.55 bits per heavy atom. The van der Waals surface area contributed by atoms with Crippen molar-refractivity contribution in [3.05, 3.63) is 71.3 Å². The van der Waals surface area contributed by atoms with Crippen LogP contribution in [0.25, 0.3) is 6.08 Å². The van der Waals surface area contributed by atoms with Crippen LogP contribution < -0.4 is 10.1 Å². The van der Waals surface area contributed by atoms with Crippen molar-refractivity contribution >= 4 is 23.9 Å². The smallest absolute Gasteiger partial charge is 0.338 e. The van der Waals surface area contributed by atoms with Gasteiger partial charge in [-0.25, -0.2) is 9.59 Å². The topological polar surface area (TPSA) is 90.9 Å². The van der Waals surface area contributed by atoms with Gasteiger partial charge in [0.25, 0.3) is 5.91 Å². The molecule has 1 heterocycles. The molecule has 1 N–H and O–H groups in total. The molecule has 1 unspecified atom stereocenters. The Kier molecular flexibility index (Phi) is 6.63. The van der Waals surface area contributed by atoms with Crippen molar-refractivity contribution < 1.29 is 28.6 Å². The van der Waals surface area contributed by atoms with E-state index in [2.05, 4.69) is 5.32 Å². The summed E-state index contributed by atoms with van der Waals surface area (Å²) in [5.74, 6) is -1.13. The fourth-order valence-electron chi connectivity index (χ4n) is 2.88. The van der Waals surface area contributed by atoms with Gasteiger partial charge in [0.05, 0.1) is 12.7 Å². The second-order valence-corrected chi connectivity index (χ2v) is 6.41. The van der Waals surface area contributed by atoms with E-state index >= 15 is 0 Å². The minimum atomic E-state index is -0.877. The van der Waals surface area contributed by atoms with Gasteiger partial charge in [-0.2, -0.15) is 0 Å². The summed E-state index contributed by atoms with van der Waals surface area (Å²) in [6.45, 7) is -0.448. The number of fused-ring (bicyclic) bond motifs is 1. The molecule has 0 bridgehead atoms. The number of rotatable bonds is 7. The number of hydrogen-bond donors (Lipinski definition) is 1. The molecule has 150 valence electrons. The van der Waals surface area contributed by atoms with E-state index < -0.39 is 30.5 Å². The van der Waals surface area contributed by atoms with E-state index in [-0.39, 0.29) is 13.0 Å². The van der Waals surface area contributed by atoms with Crippen molar-refractivity contribution in [2.75, 3.05) is 20.3 Å². The van der Waals surface area contributed by atoms with Gasteiger partial charge >= 0.3 is 11.9 Å². The number of benzene rings is 2. The summed E-state index contributed by atoms with van der Waals surface area (Å²) >= 11 is 0. The maximum atomic E-state index is 12.2. The number of esters is 2. The van der Waals surface area contributed by atoms with Crippen molar-refractivity contribution in [1.29, 1.82) is 0 Å². The first-order chi connectivity index (χ1) is 14.1. The van der Waals surface area contributed by atoms with Gasteiger partial charge in [0.2, 0.25) is 0 Å². The molecule has 1 aliphatic rings. The summed E-state index contributed by atoms with van der Waals surface area (Å²) in [7, 11) is 1.25. The fraction of sp³-hybridized carbons (Fsp3) is 0.227. The van der Waals surface area contributed by atoms with E-state index in [1.165, 1.54) is 7.11 Å². The second kappa shape index (κ2) is 9.54. The third-order valence-corrected chi connectivity index (χ3v) is 4.33. The third kappa shape index (κ3) is 5.44. The molecule has 3 rings (SSSR count). The number of carbonyl (C=O) groups excluding carboxylic acids is 3. The normalized spacial score (nSPS) is 13.2. The Hall–Kier alpha value is -3.61. The molecule has 1 amide bonds. The molecule has 0 aromatic heterocycles. The van der Waals surface area contributed by atoms with Crippen LogP contribution in [0, 0.1) is 0 Å². The standard InChI is InChI=1S/C22H21NO6/c1-27-22(26)18(11-15-7-3-2-4-8-15)23-20(24)14-29-21(25)17-12-16-9-5-6-10-19(16)28-13-17/h2-10,12,18H,11,13-14H2,1H3,(H,23,24). The first-order valence-electron chi connectivity index (χ1n) is 9.07. The molecular formula is C22H21NO6. The molecule has 2 aromatic carbocycles. The quantitative estimate of drug-likeness (QED) is 0.720. The molecule has 7 heteroatoms. The predicted molar refractivity (Wildman–Crippen MR) is 105 cm³/mol. The average Bonchev–Trinajstić information content (AvgIpc) is 2.76. The van der Waals surface area contributed by atoms with E-state index in [1.807, 2.05) is 48.5 Å². The molecule has 0 fully saturated rings. The molecule has 0 aliphatic carbocycles. The van der Waals surface area contributed by atoms with Gasteiger partial charge in [-0.05, 0) is 17.7 Å². The summed E-state index contributed by atoms with van der Waals surface area (Å²) in [4.78, 5) is 36.4. The van der Waals surface area contributed by atoms with E-state index in [1.54, 1.807) is 12.1 Å². The average molecular weight is 395 g/mol. The number of hydrogen-bond acceptors (Lipinski definition) is 6. The van der Waals surface area contributed by atoms with Crippen LogP contribution >= 0.6 is 0 Å². The summed E-state index contributed by atoms with van der Waals surface area (Å²) in [6.07, 6.45) is 1.94. The van der Waals surface area contributed by atoms with Crippen LogP contribution in [0.3, 0.4) is 0 Å². The third-order valence-electron chi connectivity index (χ3n) is 4.33. The number of methoxy groups -OCH3 is 1. The van der Waals surface area contributed by atoms with E-state index in [4.69, 9.17) is 14.2 Å². The lowest BCUT2D eigenvalue weighted by atomic mass is 10.1. The van der Waals surface area contributed by atoms with Gasteiger partial charge in [0.1, 0.15) is 18.4 Å². The Morgan fingerprint density at radius 2 is 1.79 bits per heavy atom. The number of nitrogens with one attached hydrogen (secondary N) is 1. The Morgan fingerprint density at radius 1 is 1.07 bits per heavy atom. The van der Waals surface area contributed by atoms with Crippen LogP contribution in [-0.2, 0) is 30.3 Å². The van der Waals surface area contributed by atoms with Crippen LogP contribution in [0.1, 0.15) is 11.1 Å². The van der Waals surface area contributed by atoms with Crippen molar-refractivity contribution in [1.82, 2.24) is 5.32 Å². The summed E-state index contributed by atoms with van der Waals surface area (Å²) in [5, 5.41) is 2.55. The minimum absolute atomic E-state index is 0.0657. The van der Waals surface area contributed by atoms with Gasteiger partial charge < -0.3 is 19.5 Å². The molecule has 7 nitrogen and oxygen atoms in total. The summed E-state index contributed by atoms with van der Waals surface area (Å²) in [6, 6.07) is 15.6. The lowest BCUT2D eigenvalue weighted by Crippen LogP contribution is -2.44. The monoisotopic (exact) mass is 395 g/mol. The van der Waals surface area contributed by atoms with E-state index in [0.717, 1.165) is 11.1 Å². The number of para-hydroxylation sites is 1. The van der Waals surface area contributed by atoms with Crippen LogP contribution in [0.15, 0.2) is 60.2 Å². The number of carbonyl (C=O) groups is 3. The van der Waals surface area contributed by atoms with Gasteiger partial charge in [0, 0.05) is 12.0 Å². The molecule has 0 radical (unpaired) electrons. The highest BCUT2D eigenvalue weighted by Gasteiger charge is 2.24. The van der Waals surface area contributed by atoms with Crippen molar-refractivity contribution in [2.24, 2.45) is 0 Å². The Bertz CT molecular complexity index is 922. The van der Waals surface area contributed by atoms with Crippen molar-refractivity contribution in [3.63, 3.8) is 0 Å². The second-order valence-electron chi connectivity index (χ2n) is 6.41. The Labute approximate surface area is 168 Å². The molecular weight excluding hydrogens is 374 g/mol. The number of ether oxygens (including phenoxy) is 3. The molecule has 1 aliphatic heterocycles. The molecule has 0 saturated carbocycles. The zero-order valence-electron chi connectivity index (χ0n) is 15.9. The first kappa shape index (κ1) is 20.1. The first-order valence-corrected chi connectivity index (χ1v) is 9.07. The summed E-state index contributed by atoms with van der Waals surface area (Å²) in [5.41, 5.74) is 1.94. The van der Waals surface area contributed by atoms with Crippen LogP contribution in [0.5, 0.6) is 5.75 Å². The van der Waals surface area contributed by atoms with Gasteiger partial charge in [-0.3, -0.25) is 4.79 Å². The van der Waals surface area contributed by atoms with Gasteiger partial charge in [-0.15, -0.1) is 0 Å². The zero-order valence-corrected chi connectivity index (χ0v) is 15.9. The molecule has 2 aromatic rings. The van der Waals surface area contributed by atoms with Gasteiger partial charge in [0.15, 0.2) is 6.61 Å². The fourth-order valence-corrected chi connectivity index (χ4v) is 2.88. The minimum Gasteiger partial charge on any atom is -0.488 e. The van der Waals surface area contributed by atoms with Crippen LogP contribution in [0.2, 0.25) is 0 Å². The SMILES string of the molecule is COC(=O)C(Cc1ccccc1)NC(=O)COC(=O)C1=Cc2ccccc2OC1. The van der Waals surface area contributed by atoms with Crippen LogP contribution in [-0.4, -0.2) is 44.2 Å². The highest BCUT2D eigenvalue weighted by atomic mass is 16.5. The van der Waals surface area contributed by atoms with Crippen molar-refractivity contribution in [3.8, 4) is 5.75 Å². The summed E-state index contributed by atoms with van der Waals surface area (Å²) < 4.78 is 15.3. The lowest BCUT2D eigenvalue weighted by molar-refractivity contribution is -0.148. The highest BCUT2D eigenvalue weighted by Crippen LogP contribution is 2.26. The highest BCUT2D eigenvalue weighted by molar-refractivity contribution is 5.96. The molecule has 0 spiro atoms. The van der Waals surface area contributed by atoms with Crippen LogP contribution in [0.4, 0.5) is 0 Å². The van der Waals surface area contributed by atoms with E-state index in [0.29, 0.717) is 11.3 Å². The van der Waals surface area contributed by atoms with Crippen molar-refractivity contribution in [2.45, 2.75) is 12.5 Å². The lowest BCUT2D eigenvalue weighted by Gasteiger charge is -2.18. The largest absolute Gasteiger partial charge is 0.488 e.